The maximum Gasteiger partial charge on any atom is 0.279 e. The Hall–Kier alpha value is -3.42. The van der Waals surface area contributed by atoms with Crippen LogP contribution in [0.5, 0.6) is 5.75 Å². The summed E-state index contributed by atoms with van der Waals surface area (Å²) < 4.78 is 32.6. The molecule has 1 heterocycles. The molecule has 10 heteroatoms. The summed E-state index contributed by atoms with van der Waals surface area (Å²) in [4.78, 5) is 24.7. The number of hydrogen-bond acceptors (Lipinski definition) is 6. The summed E-state index contributed by atoms with van der Waals surface area (Å²) in [5.74, 6) is -0.854. The summed E-state index contributed by atoms with van der Waals surface area (Å²) in [7, 11) is -3.68. The number of carbonyl (C=O) groups excluding carboxylic acids is 2. The number of amides is 2. The van der Waals surface area contributed by atoms with Gasteiger partial charge in [0.25, 0.3) is 11.8 Å². The molecule has 2 amide bonds. The molecule has 0 bridgehead atoms. The van der Waals surface area contributed by atoms with E-state index < -0.39 is 27.9 Å². The fourth-order valence-corrected chi connectivity index (χ4v) is 4.77. The first-order chi connectivity index (χ1) is 15.3. The molecule has 0 aliphatic carbocycles. The molecule has 2 aromatic rings. The molecule has 1 atom stereocenters. The number of rotatable bonds is 6. The topological polar surface area (TPSA) is 129 Å². The highest BCUT2D eigenvalue weighted by Gasteiger charge is 2.26. The molecule has 0 spiro atoms. The molecule has 3 rings (SSSR count). The van der Waals surface area contributed by atoms with Crippen LogP contribution in [-0.2, 0) is 14.8 Å². The minimum absolute atomic E-state index is 0.0379. The van der Waals surface area contributed by atoms with Crippen LogP contribution in [0.1, 0.15) is 42.1 Å². The Morgan fingerprint density at radius 2 is 1.75 bits per heavy atom. The van der Waals surface area contributed by atoms with Gasteiger partial charge < -0.3 is 4.74 Å². The third kappa shape index (κ3) is 5.63. The Morgan fingerprint density at radius 1 is 1.06 bits per heavy atom. The highest BCUT2D eigenvalue weighted by molar-refractivity contribution is 7.89. The number of ether oxygens (including phenoxy) is 1. The van der Waals surface area contributed by atoms with Crippen LogP contribution in [0.4, 0.5) is 0 Å². The van der Waals surface area contributed by atoms with Crippen molar-refractivity contribution in [1.82, 2.24) is 15.2 Å². The van der Waals surface area contributed by atoms with Gasteiger partial charge in [0.2, 0.25) is 10.0 Å². The summed E-state index contributed by atoms with van der Waals surface area (Å²) in [5, 5.41) is 8.81. The second-order valence-electron chi connectivity index (χ2n) is 7.33. The molecule has 0 radical (unpaired) electrons. The number of sulfonamides is 1. The van der Waals surface area contributed by atoms with Crippen molar-refractivity contribution in [3.63, 3.8) is 0 Å². The molecule has 168 valence electrons. The number of carbonyl (C=O) groups is 2. The monoisotopic (exact) mass is 456 g/mol. The summed E-state index contributed by atoms with van der Waals surface area (Å²) in [6, 6.07) is 13.9. The largest absolute Gasteiger partial charge is 0.481 e. The van der Waals surface area contributed by atoms with E-state index in [0.29, 0.717) is 24.4 Å². The SMILES string of the molecule is C[C@H](Oc1ccc(C#N)cc1)C(=O)NNC(=O)c1cccc(S(=O)(=O)N2CCCCC2)c1. The molecule has 0 aromatic heterocycles. The Morgan fingerprint density at radius 3 is 2.41 bits per heavy atom. The van der Waals surface area contributed by atoms with Crippen molar-refractivity contribution in [2.24, 2.45) is 0 Å². The highest BCUT2D eigenvalue weighted by Crippen LogP contribution is 2.21. The van der Waals surface area contributed by atoms with Crippen LogP contribution in [-0.4, -0.2) is 43.7 Å². The number of nitrogens with one attached hydrogen (secondary N) is 2. The molecule has 1 fully saturated rings. The van der Waals surface area contributed by atoms with Gasteiger partial charge in [0.05, 0.1) is 16.5 Å². The molecule has 2 aromatic carbocycles. The lowest BCUT2D eigenvalue weighted by Crippen LogP contribution is -2.47. The molecule has 32 heavy (non-hydrogen) atoms. The second kappa shape index (κ2) is 10.3. The van der Waals surface area contributed by atoms with E-state index in [1.807, 2.05) is 6.07 Å². The smallest absolute Gasteiger partial charge is 0.279 e. The predicted octanol–water partition coefficient (Wildman–Crippen LogP) is 1.96. The Balaban J connectivity index is 1.59. The zero-order chi connectivity index (χ0) is 23.1. The summed E-state index contributed by atoms with van der Waals surface area (Å²) >= 11 is 0. The number of piperidine rings is 1. The first-order valence-corrected chi connectivity index (χ1v) is 11.6. The highest BCUT2D eigenvalue weighted by atomic mass is 32.2. The first kappa shape index (κ1) is 23.2. The average molecular weight is 457 g/mol. The molecule has 1 aliphatic rings. The van der Waals surface area contributed by atoms with Crippen molar-refractivity contribution in [2.75, 3.05) is 13.1 Å². The van der Waals surface area contributed by atoms with E-state index in [0.717, 1.165) is 19.3 Å². The molecular weight excluding hydrogens is 432 g/mol. The van der Waals surface area contributed by atoms with E-state index in [1.165, 1.54) is 35.5 Å². The fraction of sp³-hybridized carbons (Fsp3) is 0.318. The molecule has 0 saturated carbocycles. The van der Waals surface area contributed by atoms with E-state index >= 15 is 0 Å². The van der Waals surface area contributed by atoms with Crippen molar-refractivity contribution in [2.45, 2.75) is 37.2 Å². The lowest BCUT2D eigenvalue weighted by molar-refractivity contribution is -0.128. The van der Waals surface area contributed by atoms with Gasteiger partial charge in [-0.15, -0.1) is 0 Å². The fourth-order valence-electron chi connectivity index (χ4n) is 3.21. The van der Waals surface area contributed by atoms with Crippen LogP contribution >= 0.6 is 0 Å². The van der Waals surface area contributed by atoms with Crippen LogP contribution in [0.2, 0.25) is 0 Å². The van der Waals surface area contributed by atoms with Crippen LogP contribution in [0, 0.1) is 11.3 Å². The van der Waals surface area contributed by atoms with Gasteiger partial charge in [-0.05, 0) is 62.2 Å². The Bertz CT molecular complexity index is 1120. The van der Waals surface area contributed by atoms with Gasteiger partial charge in [0, 0.05) is 18.7 Å². The van der Waals surface area contributed by atoms with Gasteiger partial charge in [0.15, 0.2) is 6.10 Å². The number of nitrogens with zero attached hydrogens (tertiary/aromatic N) is 2. The minimum Gasteiger partial charge on any atom is -0.481 e. The number of hydrogen-bond donors (Lipinski definition) is 2. The van der Waals surface area contributed by atoms with E-state index in [9.17, 15) is 18.0 Å². The van der Waals surface area contributed by atoms with E-state index in [4.69, 9.17) is 10.00 Å². The molecule has 2 N–H and O–H groups in total. The van der Waals surface area contributed by atoms with Crippen LogP contribution in [0.3, 0.4) is 0 Å². The number of hydrazine groups is 1. The van der Waals surface area contributed by atoms with E-state index in [2.05, 4.69) is 10.9 Å². The number of benzene rings is 2. The first-order valence-electron chi connectivity index (χ1n) is 10.2. The third-order valence-corrected chi connectivity index (χ3v) is 6.91. The Labute approximate surface area is 187 Å². The summed E-state index contributed by atoms with van der Waals surface area (Å²) in [6.07, 6.45) is 1.71. The van der Waals surface area contributed by atoms with Crippen molar-refractivity contribution in [3.8, 4) is 11.8 Å². The standard InChI is InChI=1S/C22H24N4O5S/c1-16(31-19-10-8-17(15-23)9-11-19)21(27)24-25-22(28)18-6-5-7-20(14-18)32(29,30)26-12-3-2-4-13-26/h5-11,14,16H,2-4,12-13H2,1H3,(H,24,27)(H,25,28)/t16-/m0/s1. The average Bonchev–Trinajstić information content (AvgIpc) is 2.83. The second-order valence-corrected chi connectivity index (χ2v) is 9.27. The lowest BCUT2D eigenvalue weighted by Gasteiger charge is -2.26. The third-order valence-electron chi connectivity index (χ3n) is 5.01. The molecule has 9 nitrogen and oxygen atoms in total. The van der Waals surface area contributed by atoms with Crippen molar-refractivity contribution >= 4 is 21.8 Å². The van der Waals surface area contributed by atoms with Gasteiger partial charge in [-0.3, -0.25) is 20.4 Å². The molecular formula is C22H24N4O5S. The van der Waals surface area contributed by atoms with E-state index in [1.54, 1.807) is 24.3 Å². The zero-order valence-electron chi connectivity index (χ0n) is 17.6. The normalized spacial score (nSPS) is 15.2. The molecule has 1 saturated heterocycles. The van der Waals surface area contributed by atoms with Gasteiger partial charge in [-0.25, -0.2) is 8.42 Å². The summed E-state index contributed by atoms with van der Waals surface area (Å²) in [5.41, 5.74) is 5.11. The maximum atomic E-state index is 12.8. The van der Waals surface area contributed by atoms with Crippen molar-refractivity contribution in [1.29, 1.82) is 5.26 Å². The van der Waals surface area contributed by atoms with E-state index in [-0.39, 0.29) is 10.5 Å². The molecule has 1 aliphatic heterocycles. The minimum atomic E-state index is -3.68. The van der Waals surface area contributed by atoms with Crippen molar-refractivity contribution < 1.29 is 22.7 Å². The van der Waals surface area contributed by atoms with Gasteiger partial charge >= 0.3 is 0 Å². The predicted molar refractivity (Wildman–Crippen MR) is 116 cm³/mol. The quantitative estimate of drug-likeness (QED) is 0.640. The van der Waals surface area contributed by atoms with Crippen molar-refractivity contribution in [3.05, 3.63) is 59.7 Å². The zero-order valence-corrected chi connectivity index (χ0v) is 18.4. The Kier molecular flexibility index (Phi) is 7.45. The molecule has 0 unspecified atom stereocenters. The maximum absolute atomic E-state index is 12.8. The van der Waals surface area contributed by atoms with Crippen LogP contribution in [0.25, 0.3) is 0 Å². The number of nitriles is 1. The summed E-state index contributed by atoms with van der Waals surface area (Å²) in [6.45, 7) is 2.43. The van der Waals surface area contributed by atoms with Crippen LogP contribution < -0.4 is 15.6 Å². The lowest BCUT2D eigenvalue weighted by atomic mass is 10.2. The van der Waals surface area contributed by atoms with Crippen LogP contribution in [0.15, 0.2) is 53.4 Å². The van der Waals surface area contributed by atoms with Gasteiger partial charge in [-0.2, -0.15) is 9.57 Å². The van der Waals surface area contributed by atoms with Gasteiger partial charge in [0.1, 0.15) is 5.75 Å². The van der Waals surface area contributed by atoms with Gasteiger partial charge in [-0.1, -0.05) is 12.5 Å².